The van der Waals surface area contributed by atoms with Gasteiger partial charge in [-0.25, -0.2) is 4.39 Å². The van der Waals surface area contributed by atoms with Gasteiger partial charge in [0.2, 0.25) is 0 Å². The van der Waals surface area contributed by atoms with Crippen LogP contribution < -0.4 is 9.47 Å². The molecule has 20 heavy (non-hydrogen) atoms. The van der Waals surface area contributed by atoms with Crippen molar-refractivity contribution in [3.8, 4) is 11.5 Å². The molecular formula is C15H14ClFO3. The quantitative estimate of drug-likeness (QED) is 0.937. The molecule has 2 aromatic carbocycles. The zero-order valence-electron chi connectivity index (χ0n) is 11.1. The summed E-state index contributed by atoms with van der Waals surface area (Å²) >= 11 is 5.72. The first-order valence-corrected chi connectivity index (χ1v) is 6.30. The second-order valence-electron chi connectivity index (χ2n) is 4.16. The van der Waals surface area contributed by atoms with Crippen LogP contribution in [0.25, 0.3) is 0 Å². The van der Waals surface area contributed by atoms with Gasteiger partial charge in [-0.3, -0.25) is 0 Å². The van der Waals surface area contributed by atoms with E-state index in [0.717, 1.165) is 0 Å². The number of rotatable bonds is 4. The average molecular weight is 297 g/mol. The zero-order valence-corrected chi connectivity index (χ0v) is 11.8. The Morgan fingerprint density at radius 2 is 1.80 bits per heavy atom. The van der Waals surface area contributed by atoms with Gasteiger partial charge in [0.1, 0.15) is 11.9 Å². The van der Waals surface area contributed by atoms with Gasteiger partial charge in [0.15, 0.2) is 11.5 Å². The van der Waals surface area contributed by atoms with Crippen LogP contribution in [0.3, 0.4) is 0 Å². The van der Waals surface area contributed by atoms with E-state index < -0.39 is 11.9 Å². The Labute approximate surface area is 121 Å². The highest BCUT2D eigenvalue weighted by molar-refractivity contribution is 6.30. The fraction of sp³-hybridized carbons (Fsp3) is 0.200. The summed E-state index contributed by atoms with van der Waals surface area (Å²) in [6, 6.07) is 9.41. The summed E-state index contributed by atoms with van der Waals surface area (Å²) in [7, 11) is 3.01. The topological polar surface area (TPSA) is 38.7 Å². The van der Waals surface area contributed by atoms with Gasteiger partial charge in [-0.05, 0) is 23.8 Å². The molecule has 0 aliphatic rings. The van der Waals surface area contributed by atoms with Crippen molar-refractivity contribution < 1.29 is 19.0 Å². The maximum atomic E-state index is 13.9. The number of halogens is 2. The van der Waals surface area contributed by atoms with Gasteiger partial charge in [0.25, 0.3) is 0 Å². The third-order valence-electron chi connectivity index (χ3n) is 3.00. The summed E-state index contributed by atoms with van der Waals surface area (Å²) < 4.78 is 24.2. The molecule has 1 unspecified atom stereocenters. The Hall–Kier alpha value is -1.78. The number of aliphatic hydroxyl groups excluding tert-OH is 1. The van der Waals surface area contributed by atoms with Crippen molar-refractivity contribution in [1.82, 2.24) is 0 Å². The minimum absolute atomic E-state index is 0.0259. The second kappa shape index (κ2) is 6.11. The van der Waals surface area contributed by atoms with Gasteiger partial charge in [-0.15, -0.1) is 0 Å². The van der Waals surface area contributed by atoms with Crippen LogP contribution in [0.5, 0.6) is 11.5 Å². The lowest BCUT2D eigenvalue weighted by molar-refractivity contribution is 0.214. The smallest absolute Gasteiger partial charge is 0.161 e. The van der Waals surface area contributed by atoms with E-state index in [-0.39, 0.29) is 10.6 Å². The molecule has 0 fully saturated rings. The molecule has 3 nitrogen and oxygen atoms in total. The monoisotopic (exact) mass is 296 g/mol. The summed E-state index contributed by atoms with van der Waals surface area (Å²) in [5, 5.41) is 10.3. The Morgan fingerprint density at radius 3 is 2.45 bits per heavy atom. The number of ether oxygens (including phenoxy) is 2. The largest absolute Gasteiger partial charge is 0.493 e. The highest BCUT2D eigenvalue weighted by atomic mass is 35.5. The predicted molar refractivity (Wildman–Crippen MR) is 75.0 cm³/mol. The Morgan fingerprint density at radius 1 is 1.10 bits per heavy atom. The van der Waals surface area contributed by atoms with E-state index in [0.29, 0.717) is 17.1 Å². The van der Waals surface area contributed by atoms with Gasteiger partial charge in [0.05, 0.1) is 19.2 Å². The van der Waals surface area contributed by atoms with Crippen molar-refractivity contribution in [2.45, 2.75) is 6.10 Å². The fourth-order valence-corrected chi connectivity index (χ4v) is 2.12. The maximum Gasteiger partial charge on any atom is 0.161 e. The molecule has 2 aromatic rings. The SMILES string of the molecule is COc1ccc(C(O)c2cccc(Cl)c2F)cc1OC. The Bertz CT molecular complexity index is 616. The van der Waals surface area contributed by atoms with E-state index >= 15 is 0 Å². The predicted octanol–water partition coefficient (Wildman–Crippen LogP) is 3.58. The summed E-state index contributed by atoms with van der Waals surface area (Å²) in [5.74, 6) is 0.373. The van der Waals surface area contributed by atoms with Crippen molar-refractivity contribution in [2.24, 2.45) is 0 Å². The number of aliphatic hydroxyl groups is 1. The van der Waals surface area contributed by atoms with E-state index in [2.05, 4.69) is 0 Å². The lowest BCUT2D eigenvalue weighted by Gasteiger charge is -2.15. The zero-order chi connectivity index (χ0) is 14.7. The van der Waals surface area contributed by atoms with Crippen LogP contribution in [-0.2, 0) is 0 Å². The van der Waals surface area contributed by atoms with Crippen LogP contribution in [-0.4, -0.2) is 19.3 Å². The second-order valence-corrected chi connectivity index (χ2v) is 4.57. The van der Waals surface area contributed by atoms with E-state index in [9.17, 15) is 9.50 Å². The van der Waals surface area contributed by atoms with Gasteiger partial charge >= 0.3 is 0 Å². The van der Waals surface area contributed by atoms with Crippen LogP contribution in [0.15, 0.2) is 36.4 Å². The number of methoxy groups -OCH3 is 2. The molecule has 0 saturated heterocycles. The summed E-state index contributed by atoms with van der Waals surface area (Å²) in [4.78, 5) is 0. The molecule has 0 aliphatic carbocycles. The van der Waals surface area contributed by atoms with Gasteiger partial charge in [-0.2, -0.15) is 0 Å². The summed E-state index contributed by atoms with van der Waals surface area (Å²) in [6.45, 7) is 0. The fourth-order valence-electron chi connectivity index (χ4n) is 1.93. The molecule has 0 heterocycles. The molecule has 106 valence electrons. The Balaban J connectivity index is 2.43. The normalized spacial score (nSPS) is 12.1. The maximum absolute atomic E-state index is 13.9. The summed E-state index contributed by atoms with van der Waals surface area (Å²) in [6.07, 6.45) is -1.13. The lowest BCUT2D eigenvalue weighted by atomic mass is 10.0. The number of hydrogen-bond donors (Lipinski definition) is 1. The van der Waals surface area contributed by atoms with Crippen LogP contribution >= 0.6 is 11.6 Å². The van der Waals surface area contributed by atoms with Crippen LogP contribution in [0.4, 0.5) is 4.39 Å². The van der Waals surface area contributed by atoms with E-state index in [1.54, 1.807) is 24.3 Å². The molecule has 5 heteroatoms. The third-order valence-corrected chi connectivity index (χ3v) is 3.29. The summed E-state index contributed by atoms with van der Waals surface area (Å²) in [5.41, 5.74) is 0.605. The highest BCUT2D eigenvalue weighted by Crippen LogP contribution is 2.33. The minimum Gasteiger partial charge on any atom is -0.493 e. The average Bonchev–Trinajstić information content (AvgIpc) is 2.48. The number of hydrogen-bond acceptors (Lipinski definition) is 3. The molecule has 0 aromatic heterocycles. The van der Waals surface area contributed by atoms with Crippen molar-refractivity contribution in [2.75, 3.05) is 14.2 Å². The van der Waals surface area contributed by atoms with E-state index in [4.69, 9.17) is 21.1 Å². The van der Waals surface area contributed by atoms with E-state index in [1.165, 1.54) is 26.4 Å². The van der Waals surface area contributed by atoms with Crippen LogP contribution in [0, 0.1) is 5.82 Å². The molecular weight excluding hydrogens is 283 g/mol. The van der Waals surface area contributed by atoms with Crippen molar-refractivity contribution >= 4 is 11.6 Å². The molecule has 2 rings (SSSR count). The molecule has 0 radical (unpaired) electrons. The molecule has 0 aliphatic heterocycles. The standard InChI is InChI=1S/C15H14ClFO3/c1-19-12-7-6-9(8-13(12)20-2)15(18)10-4-3-5-11(16)14(10)17/h3-8,15,18H,1-2H3. The Kier molecular flexibility index (Phi) is 4.47. The molecule has 0 bridgehead atoms. The molecule has 1 N–H and O–H groups in total. The molecule has 1 atom stereocenters. The van der Waals surface area contributed by atoms with Crippen LogP contribution in [0.2, 0.25) is 5.02 Å². The lowest BCUT2D eigenvalue weighted by Crippen LogP contribution is -2.03. The first kappa shape index (κ1) is 14.6. The van der Waals surface area contributed by atoms with Crippen molar-refractivity contribution in [1.29, 1.82) is 0 Å². The van der Waals surface area contributed by atoms with Crippen LogP contribution in [0.1, 0.15) is 17.2 Å². The van der Waals surface area contributed by atoms with Crippen molar-refractivity contribution in [3.63, 3.8) is 0 Å². The molecule has 0 spiro atoms. The number of benzene rings is 2. The van der Waals surface area contributed by atoms with Gasteiger partial charge in [0, 0.05) is 5.56 Å². The first-order chi connectivity index (χ1) is 9.58. The van der Waals surface area contributed by atoms with E-state index in [1.807, 2.05) is 0 Å². The van der Waals surface area contributed by atoms with Gasteiger partial charge < -0.3 is 14.6 Å². The first-order valence-electron chi connectivity index (χ1n) is 5.92. The molecule has 0 saturated carbocycles. The minimum atomic E-state index is -1.13. The highest BCUT2D eigenvalue weighted by Gasteiger charge is 2.18. The van der Waals surface area contributed by atoms with Crippen molar-refractivity contribution in [3.05, 3.63) is 58.4 Å². The van der Waals surface area contributed by atoms with Gasteiger partial charge in [-0.1, -0.05) is 29.8 Å². The third kappa shape index (κ3) is 2.71. The molecule has 0 amide bonds.